The first-order valence-electron chi connectivity index (χ1n) is 11.7. The van der Waals surface area contributed by atoms with Crippen molar-refractivity contribution in [3.05, 3.63) is 59.9 Å². The van der Waals surface area contributed by atoms with Crippen LogP contribution >= 0.6 is 0 Å². The number of likely N-dealkylation sites (tertiary alicyclic amines) is 1. The fourth-order valence-corrected chi connectivity index (χ4v) is 4.21. The van der Waals surface area contributed by atoms with Crippen molar-refractivity contribution in [2.24, 2.45) is 0 Å². The monoisotopic (exact) mass is 579 g/mol. The molecular weight excluding hydrogens is 552 g/mol. The van der Waals surface area contributed by atoms with Crippen LogP contribution in [0.4, 0.5) is 26.3 Å². The summed E-state index contributed by atoms with van der Waals surface area (Å²) < 4.78 is 68.7. The molecule has 40 heavy (non-hydrogen) atoms. The van der Waals surface area contributed by atoms with Gasteiger partial charge in [-0.3, -0.25) is 14.7 Å². The number of aliphatic carboxylic acids is 2. The van der Waals surface area contributed by atoms with E-state index in [1.807, 2.05) is 24.3 Å². The van der Waals surface area contributed by atoms with Crippen molar-refractivity contribution in [3.8, 4) is 5.75 Å². The number of piperidine rings is 1. The minimum atomic E-state index is -5.08. The first-order valence-corrected chi connectivity index (χ1v) is 11.7. The van der Waals surface area contributed by atoms with Gasteiger partial charge in [0, 0.05) is 37.6 Å². The number of hydrogen-bond acceptors (Lipinski definition) is 6. The van der Waals surface area contributed by atoms with Gasteiger partial charge >= 0.3 is 24.3 Å². The van der Waals surface area contributed by atoms with Gasteiger partial charge in [0.2, 0.25) is 5.91 Å². The lowest BCUT2D eigenvalue weighted by Gasteiger charge is -2.39. The van der Waals surface area contributed by atoms with E-state index in [1.54, 1.807) is 19.5 Å². The molecule has 4 rings (SSSR count). The zero-order valence-electron chi connectivity index (χ0n) is 21.1. The Morgan fingerprint density at radius 1 is 0.975 bits per heavy atom. The number of alkyl halides is 6. The number of benzene rings is 1. The number of rotatable bonds is 4. The Morgan fingerprint density at radius 2 is 1.45 bits per heavy atom. The van der Waals surface area contributed by atoms with Crippen LogP contribution in [0.3, 0.4) is 0 Å². The van der Waals surface area contributed by atoms with Crippen LogP contribution in [0.15, 0.2) is 48.8 Å². The number of pyridine rings is 1. The highest BCUT2D eigenvalue weighted by atomic mass is 19.4. The highest BCUT2D eigenvalue weighted by Crippen LogP contribution is 2.39. The zero-order chi connectivity index (χ0) is 30.1. The van der Waals surface area contributed by atoms with Crippen LogP contribution in [0.5, 0.6) is 5.75 Å². The predicted octanol–water partition coefficient (Wildman–Crippen LogP) is 4.00. The van der Waals surface area contributed by atoms with Gasteiger partial charge in [0.05, 0.1) is 13.0 Å². The van der Waals surface area contributed by atoms with Gasteiger partial charge in [0.1, 0.15) is 5.75 Å². The van der Waals surface area contributed by atoms with Crippen LogP contribution in [0, 0.1) is 0 Å². The predicted molar refractivity (Wildman–Crippen MR) is 127 cm³/mol. The topological polar surface area (TPSA) is 129 Å². The van der Waals surface area contributed by atoms with Crippen molar-refractivity contribution in [2.45, 2.75) is 49.6 Å². The van der Waals surface area contributed by atoms with E-state index in [1.165, 1.54) is 5.56 Å². The molecule has 1 aromatic heterocycles. The van der Waals surface area contributed by atoms with Gasteiger partial charge < -0.3 is 20.3 Å². The molecule has 0 aliphatic carbocycles. The van der Waals surface area contributed by atoms with Gasteiger partial charge in [-0.15, -0.1) is 0 Å². The number of carboxylic acid groups (broad SMARTS) is 2. The molecule has 2 saturated heterocycles. The summed E-state index contributed by atoms with van der Waals surface area (Å²) in [4.78, 5) is 36.8. The van der Waals surface area contributed by atoms with Gasteiger partial charge in [-0.25, -0.2) is 9.59 Å². The summed E-state index contributed by atoms with van der Waals surface area (Å²) in [5, 5.41) is 17.6. The minimum absolute atomic E-state index is 0.0360. The van der Waals surface area contributed by atoms with E-state index >= 15 is 0 Å². The van der Waals surface area contributed by atoms with Gasteiger partial charge in [-0.05, 0) is 54.7 Å². The number of nitrogens with zero attached hydrogens (tertiary/aromatic N) is 2. The summed E-state index contributed by atoms with van der Waals surface area (Å²) in [6, 6.07) is 12.2. The number of ether oxygens (including phenoxy) is 1. The Labute approximate surface area is 224 Å². The summed E-state index contributed by atoms with van der Waals surface area (Å²) in [6.07, 6.45) is -3.71. The molecule has 1 aromatic carbocycles. The molecule has 1 atom stereocenters. The maximum absolute atomic E-state index is 12.5. The van der Waals surface area contributed by atoms with E-state index in [2.05, 4.69) is 27.3 Å². The van der Waals surface area contributed by atoms with E-state index in [9.17, 15) is 31.1 Å². The van der Waals surface area contributed by atoms with E-state index in [0.717, 1.165) is 50.2 Å². The second-order valence-electron chi connectivity index (χ2n) is 9.04. The average molecular weight is 579 g/mol. The first kappa shape index (κ1) is 32.3. The summed E-state index contributed by atoms with van der Waals surface area (Å²) in [6.45, 7) is 2.96. The molecule has 2 aliphatic heterocycles. The number of nitrogens with one attached hydrogen (secondary N) is 1. The Bertz CT molecular complexity index is 1110. The molecular formula is C25H27F6N3O6. The third kappa shape index (κ3) is 9.70. The minimum Gasteiger partial charge on any atom is -0.497 e. The molecule has 0 bridgehead atoms. The number of amides is 1. The highest BCUT2D eigenvalue weighted by Gasteiger charge is 2.46. The molecule has 3 N–H and O–H groups in total. The van der Waals surface area contributed by atoms with Crippen molar-refractivity contribution in [3.63, 3.8) is 0 Å². The molecule has 1 amide bonds. The number of aromatic nitrogens is 1. The molecule has 3 heterocycles. The standard InChI is InChI=1S/C21H25N3O2.2C2HF3O2/c1-26-18-4-2-16(3-5-18)15-24-12-8-21(9-13-24)14-19(20(25)23-21)17-6-10-22-11-7-17;2*3-2(4,5)1(6)7/h2-7,10-11,19H,8-9,12-15H2,1H3,(H,23,25);2*(H,6,7). The maximum atomic E-state index is 12.5. The average Bonchev–Trinajstić information content (AvgIpc) is 3.21. The van der Waals surface area contributed by atoms with Crippen molar-refractivity contribution in [1.82, 2.24) is 15.2 Å². The van der Waals surface area contributed by atoms with Gasteiger partial charge in [0.15, 0.2) is 0 Å². The second-order valence-corrected chi connectivity index (χ2v) is 9.04. The van der Waals surface area contributed by atoms with Crippen molar-refractivity contribution in [1.29, 1.82) is 0 Å². The molecule has 1 unspecified atom stereocenters. The normalized spacial score (nSPS) is 18.5. The number of carbonyl (C=O) groups is 3. The molecule has 15 heteroatoms. The highest BCUT2D eigenvalue weighted by molar-refractivity contribution is 5.87. The molecule has 2 fully saturated rings. The fraction of sp³-hybridized carbons (Fsp3) is 0.440. The number of carbonyl (C=O) groups excluding carboxylic acids is 1. The lowest BCUT2D eigenvalue weighted by Crippen LogP contribution is -2.50. The Morgan fingerprint density at radius 3 is 1.88 bits per heavy atom. The number of carboxylic acids is 2. The molecule has 2 aliphatic rings. The fourth-order valence-electron chi connectivity index (χ4n) is 4.21. The number of halogens is 6. The van der Waals surface area contributed by atoms with Crippen molar-refractivity contribution < 1.29 is 55.7 Å². The summed E-state index contributed by atoms with van der Waals surface area (Å²) >= 11 is 0. The van der Waals surface area contributed by atoms with E-state index in [0.29, 0.717) is 0 Å². The lowest BCUT2D eigenvalue weighted by atomic mass is 9.82. The van der Waals surface area contributed by atoms with Gasteiger partial charge in [0.25, 0.3) is 0 Å². The third-order valence-electron chi connectivity index (χ3n) is 6.27. The van der Waals surface area contributed by atoms with Gasteiger partial charge in [-0.1, -0.05) is 12.1 Å². The summed E-state index contributed by atoms with van der Waals surface area (Å²) in [5.41, 5.74) is 2.34. The van der Waals surface area contributed by atoms with Crippen molar-refractivity contribution >= 4 is 17.8 Å². The lowest BCUT2D eigenvalue weighted by molar-refractivity contribution is -0.193. The second kappa shape index (κ2) is 13.5. The third-order valence-corrected chi connectivity index (χ3v) is 6.27. The van der Waals surface area contributed by atoms with Crippen LogP contribution in [-0.2, 0) is 20.9 Å². The number of methoxy groups -OCH3 is 1. The van der Waals surface area contributed by atoms with Crippen LogP contribution < -0.4 is 10.1 Å². The molecule has 0 saturated carbocycles. The molecule has 1 spiro atoms. The quantitative estimate of drug-likeness (QED) is 0.464. The van der Waals surface area contributed by atoms with Crippen LogP contribution in [-0.4, -0.2) is 76.0 Å². The van der Waals surface area contributed by atoms with Crippen LogP contribution in [0.2, 0.25) is 0 Å². The SMILES string of the molecule is COc1ccc(CN2CCC3(CC2)CC(c2ccncc2)C(=O)N3)cc1.O=C(O)C(F)(F)F.O=C(O)C(F)(F)F. The van der Waals surface area contributed by atoms with E-state index < -0.39 is 24.3 Å². The molecule has 9 nitrogen and oxygen atoms in total. The molecule has 0 radical (unpaired) electrons. The number of hydrogen-bond donors (Lipinski definition) is 3. The Balaban J connectivity index is 0.000000333. The van der Waals surface area contributed by atoms with E-state index in [4.69, 9.17) is 24.5 Å². The molecule has 220 valence electrons. The maximum Gasteiger partial charge on any atom is 0.490 e. The first-order chi connectivity index (χ1) is 18.6. The van der Waals surface area contributed by atoms with Crippen LogP contribution in [0.25, 0.3) is 0 Å². The Kier molecular flexibility index (Phi) is 10.9. The smallest absolute Gasteiger partial charge is 0.490 e. The summed E-state index contributed by atoms with van der Waals surface area (Å²) in [5.74, 6) is -4.49. The van der Waals surface area contributed by atoms with Crippen molar-refractivity contribution in [2.75, 3.05) is 20.2 Å². The largest absolute Gasteiger partial charge is 0.497 e. The van der Waals surface area contributed by atoms with E-state index in [-0.39, 0.29) is 17.4 Å². The zero-order valence-corrected chi connectivity index (χ0v) is 21.1. The Hall–Kier alpha value is -3.88. The molecule has 2 aromatic rings. The summed E-state index contributed by atoms with van der Waals surface area (Å²) in [7, 11) is 1.69. The van der Waals surface area contributed by atoms with Gasteiger partial charge in [-0.2, -0.15) is 26.3 Å². The van der Waals surface area contributed by atoms with Crippen LogP contribution in [0.1, 0.15) is 36.3 Å².